The van der Waals surface area contributed by atoms with Crippen molar-refractivity contribution in [3.05, 3.63) is 22.7 Å². The van der Waals surface area contributed by atoms with E-state index in [1.165, 1.54) is 0 Å². The van der Waals surface area contributed by atoms with Crippen molar-refractivity contribution in [3.63, 3.8) is 0 Å². The van der Waals surface area contributed by atoms with Crippen LogP contribution in [0.3, 0.4) is 0 Å². The largest absolute Gasteiger partial charge is 0.493 e. The molecule has 0 aromatic heterocycles. The summed E-state index contributed by atoms with van der Waals surface area (Å²) in [5.74, 6) is 1.08. The highest BCUT2D eigenvalue weighted by Gasteiger charge is 2.17. The van der Waals surface area contributed by atoms with Gasteiger partial charge in [0, 0.05) is 22.7 Å². The van der Waals surface area contributed by atoms with E-state index in [1.807, 2.05) is 13.8 Å². The second kappa shape index (κ2) is 7.22. The Morgan fingerprint density at radius 3 is 2.63 bits per heavy atom. The average Bonchev–Trinajstić information content (AvgIpc) is 2.36. The molecular formula is C14H19ClN2O2. The second-order valence-corrected chi connectivity index (χ2v) is 4.86. The number of halogens is 1. The average molecular weight is 283 g/mol. The van der Waals surface area contributed by atoms with Crippen molar-refractivity contribution in [3.8, 4) is 17.6 Å². The summed E-state index contributed by atoms with van der Waals surface area (Å²) in [5.41, 5.74) is 6.68. The fraction of sp³-hybridized carbons (Fsp3) is 0.500. The number of hydrogen-bond acceptors (Lipinski definition) is 4. The summed E-state index contributed by atoms with van der Waals surface area (Å²) < 4.78 is 11.0. The molecule has 0 saturated carbocycles. The van der Waals surface area contributed by atoms with Crippen molar-refractivity contribution in [2.75, 3.05) is 7.11 Å². The Hall–Kier alpha value is -1.44. The Morgan fingerprint density at radius 1 is 1.47 bits per heavy atom. The van der Waals surface area contributed by atoms with Crippen LogP contribution in [0.25, 0.3) is 0 Å². The minimum absolute atomic E-state index is 0.0346. The van der Waals surface area contributed by atoms with Crippen LogP contribution in [0.4, 0.5) is 0 Å². The molecule has 5 heteroatoms. The molecule has 0 fully saturated rings. The molecule has 0 heterocycles. The molecule has 0 aliphatic heterocycles. The lowest BCUT2D eigenvalue weighted by Crippen LogP contribution is -2.20. The van der Waals surface area contributed by atoms with E-state index in [0.717, 1.165) is 5.56 Å². The first-order valence-electron chi connectivity index (χ1n) is 6.20. The van der Waals surface area contributed by atoms with Gasteiger partial charge < -0.3 is 15.2 Å². The third-order valence-electron chi connectivity index (χ3n) is 2.63. The molecule has 0 aliphatic carbocycles. The van der Waals surface area contributed by atoms with Gasteiger partial charge in [-0.25, -0.2) is 0 Å². The van der Waals surface area contributed by atoms with Gasteiger partial charge in [-0.15, -0.1) is 0 Å². The summed E-state index contributed by atoms with van der Waals surface area (Å²) in [5, 5.41) is 9.57. The van der Waals surface area contributed by atoms with Gasteiger partial charge in [-0.3, -0.25) is 0 Å². The van der Waals surface area contributed by atoms with Crippen molar-refractivity contribution < 1.29 is 9.47 Å². The van der Waals surface area contributed by atoms with Crippen molar-refractivity contribution in [2.24, 2.45) is 5.73 Å². The molecule has 1 aromatic carbocycles. The van der Waals surface area contributed by atoms with Gasteiger partial charge >= 0.3 is 0 Å². The Balaban J connectivity index is 3.20. The lowest BCUT2D eigenvalue weighted by Gasteiger charge is -2.19. The molecule has 0 bridgehead atoms. The van der Waals surface area contributed by atoms with E-state index < -0.39 is 6.10 Å². The van der Waals surface area contributed by atoms with E-state index in [9.17, 15) is 0 Å². The number of hydrogen-bond donors (Lipinski definition) is 1. The van der Waals surface area contributed by atoms with Crippen LogP contribution in [0.5, 0.6) is 11.5 Å². The Kier molecular flexibility index (Phi) is 5.94. The number of nitriles is 1. The summed E-state index contributed by atoms with van der Waals surface area (Å²) in [6.45, 7) is 3.79. The number of ether oxygens (including phenoxy) is 2. The van der Waals surface area contributed by atoms with Crippen LogP contribution in [0.15, 0.2) is 12.1 Å². The minimum atomic E-state index is -0.512. The van der Waals surface area contributed by atoms with E-state index in [-0.39, 0.29) is 6.04 Å². The van der Waals surface area contributed by atoms with E-state index in [0.29, 0.717) is 29.4 Å². The summed E-state index contributed by atoms with van der Waals surface area (Å²) in [7, 11) is 1.54. The third kappa shape index (κ3) is 4.30. The molecule has 0 aliphatic rings. The van der Waals surface area contributed by atoms with Gasteiger partial charge in [0.25, 0.3) is 0 Å². The molecular weight excluding hydrogens is 264 g/mol. The highest BCUT2D eigenvalue weighted by molar-refractivity contribution is 6.30. The first-order chi connectivity index (χ1) is 9.01. The highest BCUT2D eigenvalue weighted by atomic mass is 35.5. The fourth-order valence-corrected chi connectivity index (χ4v) is 1.98. The first-order valence-corrected chi connectivity index (χ1v) is 6.57. The van der Waals surface area contributed by atoms with Crippen molar-refractivity contribution >= 4 is 11.6 Å². The molecule has 1 aromatic rings. The highest BCUT2D eigenvalue weighted by Crippen LogP contribution is 2.36. The maximum absolute atomic E-state index is 9.01. The van der Waals surface area contributed by atoms with Crippen LogP contribution >= 0.6 is 11.6 Å². The zero-order chi connectivity index (χ0) is 14.4. The van der Waals surface area contributed by atoms with Gasteiger partial charge in [-0.2, -0.15) is 5.26 Å². The first kappa shape index (κ1) is 15.6. The normalized spacial score (nSPS) is 13.5. The third-order valence-corrected chi connectivity index (χ3v) is 2.85. The zero-order valence-corrected chi connectivity index (χ0v) is 12.2. The predicted octanol–water partition coefficient (Wildman–Crippen LogP) is 2.92. The monoisotopic (exact) mass is 282 g/mol. The SMILES string of the molecule is CCC(C#N)Oc1c(CC(C)N)cc(Cl)cc1OC. The van der Waals surface area contributed by atoms with E-state index >= 15 is 0 Å². The number of methoxy groups -OCH3 is 1. The topological polar surface area (TPSA) is 68.3 Å². The molecule has 2 atom stereocenters. The summed E-state index contributed by atoms with van der Waals surface area (Å²) >= 11 is 6.05. The molecule has 2 N–H and O–H groups in total. The maximum atomic E-state index is 9.01. The van der Waals surface area contributed by atoms with Gasteiger partial charge in [0.2, 0.25) is 0 Å². The number of nitrogens with two attached hydrogens (primary N) is 1. The summed E-state index contributed by atoms with van der Waals surface area (Å²) in [6.07, 6.45) is 0.690. The molecule has 0 saturated heterocycles. The molecule has 1 rings (SSSR count). The van der Waals surface area contributed by atoms with E-state index in [1.54, 1.807) is 19.2 Å². The van der Waals surface area contributed by atoms with E-state index in [2.05, 4.69) is 6.07 Å². The zero-order valence-electron chi connectivity index (χ0n) is 11.4. The molecule has 2 unspecified atom stereocenters. The standard InChI is InChI=1S/C14H19ClN2O2/c1-4-12(8-16)19-14-10(5-9(2)17)6-11(15)7-13(14)18-3/h6-7,9,12H,4-5,17H2,1-3H3. The fourth-order valence-electron chi connectivity index (χ4n) is 1.75. The van der Waals surface area contributed by atoms with Gasteiger partial charge in [-0.05, 0) is 25.8 Å². The van der Waals surface area contributed by atoms with Crippen molar-refractivity contribution in [2.45, 2.75) is 38.8 Å². The summed E-state index contributed by atoms with van der Waals surface area (Å²) in [6, 6.07) is 5.54. The van der Waals surface area contributed by atoms with Gasteiger partial charge in [0.15, 0.2) is 17.6 Å². The van der Waals surface area contributed by atoms with Crippen LogP contribution in [-0.2, 0) is 6.42 Å². The lowest BCUT2D eigenvalue weighted by atomic mass is 10.1. The molecule has 4 nitrogen and oxygen atoms in total. The van der Waals surface area contributed by atoms with E-state index in [4.69, 9.17) is 32.1 Å². The summed E-state index contributed by atoms with van der Waals surface area (Å²) in [4.78, 5) is 0. The number of rotatable bonds is 6. The maximum Gasteiger partial charge on any atom is 0.184 e. The Labute approximate surface area is 119 Å². The molecule has 0 radical (unpaired) electrons. The lowest BCUT2D eigenvalue weighted by molar-refractivity contribution is 0.236. The number of benzene rings is 1. The van der Waals surface area contributed by atoms with Crippen LogP contribution in [-0.4, -0.2) is 19.3 Å². The van der Waals surface area contributed by atoms with Crippen LogP contribution in [0.1, 0.15) is 25.8 Å². The molecule has 0 spiro atoms. The van der Waals surface area contributed by atoms with Crippen LogP contribution in [0, 0.1) is 11.3 Å². The Morgan fingerprint density at radius 2 is 2.16 bits per heavy atom. The predicted molar refractivity (Wildman–Crippen MR) is 75.7 cm³/mol. The quantitative estimate of drug-likeness (QED) is 0.871. The smallest absolute Gasteiger partial charge is 0.184 e. The molecule has 0 amide bonds. The van der Waals surface area contributed by atoms with Crippen molar-refractivity contribution in [1.82, 2.24) is 0 Å². The van der Waals surface area contributed by atoms with Gasteiger partial charge in [0.1, 0.15) is 6.07 Å². The molecule has 19 heavy (non-hydrogen) atoms. The van der Waals surface area contributed by atoms with Crippen molar-refractivity contribution in [1.29, 1.82) is 5.26 Å². The minimum Gasteiger partial charge on any atom is -0.493 e. The molecule has 104 valence electrons. The van der Waals surface area contributed by atoms with Gasteiger partial charge in [0.05, 0.1) is 7.11 Å². The second-order valence-electron chi connectivity index (χ2n) is 4.42. The Bertz CT molecular complexity index is 469. The van der Waals surface area contributed by atoms with Crippen LogP contribution < -0.4 is 15.2 Å². The van der Waals surface area contributed by atoms with Gasteiger partial charge in [-0.1, -0.05) is 18.5 Å². The van der Waals surface area contributed by atoms with Crippen LogP contribution in [0.2, 0.25) is 5.02 Å². The number of nitrogens with zero attached hydrogens (tertiary/aromatic N) is 1.